The van der Waals surface area contributed by atoms with Gasteiger partial charge in [-0.3, -0.25) is 4.79 Å². The van der Waals surface area contributed by atoms with E-state index in [4.69, 9.17) is 0 Å². The Morgan fingerprint density at radius 2 is 1.94 bits per heavy atom. The van der Waals surface area contributed by atoms with Crippen molar-refractivity contribution in [1.29, 1.82) is 0 Å². The number of urea groups is 1. The molecule has 2 N–H and O–H groups in total. The molecule has 2 amide bonds. The molecule has 1 aliphatic heterocycles. The second kappa shape index (κ2) is 3.96. The van der Waals surface area contributed by atoms with Gasteiger partial charge in [0.05, 0.1) is 11.0 Å². The maximum atomic E-state index is 11.7. The van der Waals surface area contributed by atoms with Crippen molar-refractivity contribution in [1.82, 2.24) is 10.2 Å². The molecule has 0 atom stereocenters. The highest BCUT2D eigenvalue weighted by Gasteiger charge is 2.49. The van der Waals surface area contributed by atoms with Crippen LogP contribution in [0.3, 0.4) is 0 Å². The first-order chi connectivity index (χ1) is 7.21. The molecule has 5 heteroatoms. The number of nitrogens with zero attached hydrogens (tertiary/aromatic N) is 1. The highest BCUT2D eigenvalue weighted by atomic mass is 16.4. The van der Waals surface area contributed by atoms with Gasteiger partial charge in [-0.1, -0.05) is 0 Å². The number of carboxylic acids is 1. The summed E-state index contributed by atoms with van der Waals surface area (Å²) in [5, 5.41) is 12.0. The first-order valence-electron chi connectivity index (χ1n) is 5.50. The standard InChI is InChI=1S/C11H20N2O3/c1-10(2,8(14)15)11(3,4)13-7-5-6-12-9(13)16/h5-7H2,1-4H3,(H,12,16)(H,14,15). The molecule has 0 spiro atoms. The van der Waals surface area contributed by atoms with Gasteiger partial charge in [0.1, 0.15) is 0 Å². The predicted octanol–water partition coefficient (Wildman–Crippen LogP) is 1.29. The van der Waals surface area contributed by atoms with Crippen LogP contribution in [0.4, 0.5) is 4.79 Å². The number of hydrogen-bond acceptors (Lipinski definition) is 2. The van der Waals surface area contributed by atoms with Crippen molar-refractivity contribution < 1.29 is 14.7 Å². The number of carbonyl (C=O) groups excluding carboxylic acids is 1. The summed E-state index contributed by atoms with van der Waals surface area (Å²) in [5.74, 6) is -0.893. The van der Waals surface area contributed by atoms with Crippen LogP contribution in [0.2, 0.25) is 0 Å². The van der Waals surface area contributed by atoms with Crippen LogP contribution >= 0.6 is 0 Å². The molecule has 5 nitrogen and oxygen atoms in total. The molecule has 0 saturated carbocycles. The van der Waals surface area contributed by atoms with Gasteiger partial charge in [0.25, 0.3) is 0 Å². The third kappa shape index (κ3) is 1.86. The molecule has 0 aromatic carbocycles. The number of nitrogens with one attached hydrogen (secondary N) is 1. The normalized spacial score (nSPS) is 18.2. The van der Waals surface area contributed by atoms with Gasteiger partial charge in [0, 0.05) is 13.1 Å². The molecular weight excluding hydrogens is 208 g/mol. The molecule has 1 heterocycles. The molecule has 0 aliphatic carbocycles. The summed E-state index contributed by atoms with van der Waals surface area (Å²) in [4.78, 5) is 24.6. The number of rotatable bonds is 3. The molecule has 0 bridgehead atoms. The summed E-state index contributed by atoms with van der Waals surface area (Å²) >= 11 is 0. The van der Waals surface area contributed by atoms with Crippen LogP contribution in [0, 0.1) is 5.41 Å². The van der Waals surface area contributed by atoms with E-state index in [-0.39, 0.29) is 6.03 Å². The average molecular weight is 228 g/mol. The highest BCUT2D eigenvalue weighted by molar-refractivity contribution is 5.80. The third-order valence-electron chi connectivity index (χ3n) is 3.82. The van der Waals surface area contributed by atoms with E-state index in [9.17, 15) is 14.7 Å². The molecule has 0 unspecified atom stereocenters. The largest absolute Gasteiger partial charge is 0.481 e. The first-order valence-corrected chi connectivity index (χ1v) is 5.50. The van der Waals surface area contributed by atoms with Gasteiger partial charge in [-0.25, -0.2) is 4.79 Å². The van der Waals surface area contributed by atoms with Crippen LogP contribution < -0.4 is 5.32 Å². The molecule has 1 aliphatic rings. The van der Waals surface area contributed by atoms with E-state index in [1.165, 1.54) is 0 Å². The van der Waals surface area contributed by atoms with Gasteiger partial charge in [0.2, 0.25) is 0 Å². The maximum absolute atomic E-state index is 11.7. The lowest BCUT2D eigenvalue weighted by molar-refractivity contribution is -0.154. The summed E-state index contributed by atoms with van der Waals surface area (Å²) in [6, 6.07) is -0.175. The average Bonchev–Trinajstić information content (AvgIpc) is 2.17. The third-order valence-corrected chi connectivity index (χ3v) is 3.82. The summed E-state index contributed by atoms with van der Waals surface area (Å²) in [7, 11) is 0. The summed E-state index contributed by atoms with van der Waals surface area (Å²) in [6.07, 6.45) is 0.852. The van der Waals surface area contributed by atoms with E-state index in [0.29, 0.717) is 13.1 Å². The van der Waals surface area contributed by atoms with E-state index in [1.54, 1.807) is 32.6 Å². The van der Waals surface area contributed by atoms with Crippen LogP contribution in [0.1, 0.15) is 34.1 Å². The van der Waals surface area contributed by atoms with E-state index < -0.39 is 16.9 Å². The Balaban J connectivity index is 2.99. The summed E-state index contributed by atoms with van der Waals surface area (Å²) in [6.45, 7) is 8.17. The van der Waals surface area contributed by atoms with Gasteiger partial charge in [-0.2, -0.15) is 0 Å². The van der Waals surface area contributed by atoms with Crippen molar-refractivity contribution in [2.75, 3.05) is 13.1 Å². The number of amides is 2. The van der Waals surface area contributed by atoms with Crippen LogP contribution in [0.25, 0.3) is 0 Å². The molecule has 0 aromatic rings. The number of carboxylic acid groups (broad SMARTS) is 1. The quantitative estimate of drug-likeness (QED) is 0.764. The number of carbonyl (C=O) groups is 2. The van der Waals surface area contributed by atoms with E-state index in [2.05, 4.69) is 5.32 Å². The Labute approximate surface area is 95.8 Å². The molecule has 16 heavy (non-hydrogen) atoms. The second-order valence-electron chi connectivity index (χ2n) is 5.23. The van der Waals surface area contributed by atoms with Crippen molar-refractivity contribution in [2.45, 2.75) is 39.7 Å². The number of hydrogen-bond donors (Lipinski definition) is 2. The van der Waals surface area contributed by atoms with Crippen molar-refractivity contribution in [3.05, 3.63) is 0 Å². The summed E-state index contributed by atoms with van der Waals surface area (Å²) < 4.78 is 0. The van der Waals surface area contributed by atoms with Gasteiger partial charge in [0.15, 0.2) is 0 Å². The highest BCUT2D eigenvalue weighted by Crippen LogP contribution is 2.36. The van der Waals surface area contributed by atoms with Gasteiger partial charge >= 0.3 is 12.0 Å². The molecular formula is C11H20N2O3. The van der Waals surface area contributed by atoms with E-state index in [1.807, 2.05) is 0 Å². The minimum atomic E-state index is -0.984. The van der Waals surface area contributed by atoms with Crippen LogP contribution in [0.15, 0.2) is 0 Å². The minimum absolute atomic E-state index is 0.175. The molecule has 1 fully saturated rings. The first kappa shape index (κ1) is 12.8. The monoisotopic (exact) mass is 228 g/mol. The molecule has 92 valence electrons. The lowest BCUT2D eigenvalue weighted by Gasteiger charge is -2.48. The fraction of sp³-hybridized carbons (Fsp3) is 0.818. The fourth-order valence-corrected chi connectivity index (χ4v) is 1.76. The molecule has 0 radical (unpaired) electrons. The Morgan fingerprint density at radius 3 is 2.38 bits per heavy atom. The summed E-state index contributed by atoms with van der Waals surface area (Å²) in [5.41, 5.74) is -1.70. The van der Waals surface area contributed by atoms with E-state index in [0.717, 1.165) is 6.42 Å². The maximum Gasteiger partial charge on any atom is 0.317 e. The zero-order chi connectivity index (χ0) is 12.6. The van der Waals surface area contributed by atoms with Crippen molar-refractivity contribution in [3.63, 3.8) is 0 Å². The van der Waals surface area contributed by atoms with Crippen molar-refractivity contribution >= 4 is 12.0 Å². The molecule has 1 saturated heterocycles. The van der Waals surface area contributed by atoms with Crippen LogP contribution in [-0.4, -0.2) is 40.6 Å². The number of aliphatic carboxylic acids is 1. The molecule has 1 rings (SSSR count). The molecule has 0 aromatic heterocycles. The zero-order valence-electron chi connectivity index (χ0n) is 10.3. The fourth-order valence-electron chi connectivity index (χ4n) is 1.76. The Kier molecular flexibility index (Phi) is 3.17. The lowest BCUT2D eigenvalue weighted by Crippen LogP contribution is -2.63. The van der Waals surface area contributed by atoms with Crippen molar-refractivity contribution in [2.24, 2.45) is 5.41 Å². The lowest BCUT2D eigenvalue weighted by atomic mass is 9.73. The smallest absolute Gasteiger partial charge is 0.317 e. The van der Waals surface area contributed by atoms with Gasteiger partial charge in [-0.15, -0.1) is 0 Å². The second-order valence-corrected chi connectivity index (χ2v) is 5.23. The SMILES string of the molecule is CC(C)(C(=O)O)C(C)(C)N1CCCNC1=O. The zero-order valence-corrected chi connectivity index (χ0v) is 10.3. The Bertz CT molecular complexity index is 310. The topological polar surface area (TPSA) is 69.6 Å². The Morgan fingerprint density at radius 1 is 1.38 bits per heavy atom. The minimum Gasteiger partial charge on any atom is -0.481 e. The van der Waals surface area contributed by atoms with Gasteiger partial charge in [-0.05, 0) is 34.1 Å². The predicted molar refractivity (Wildman–Crippen MR) is 60.2 cm³/mol. The van der Waals surface area contributed by atoms with Crippen molar-refractivity contribution in [3.8, 4) is 0 Å². The van der Waals surface area contributed by atoms with Crippen LogP contribution in [0.5, 0.6) is 0 Å². The van der Waals surface area contributed by atoms with Crippen LogP contribution in [-0.2, 0) is 4.79 Å². The van der Waals surface area contributed by atoms with Gasteiger partial charge < -0.3 is 15.3 Å². The Hall–Kier alpha value is -1.26. The van der Waals surface area contributed by atoms with E-state index >= 15 is 0 Å².